The lowest BCUT2D eigenvalue weighted by Crippen LogP contribution is -2.51. The Morgan fingerprint density at radius 2 is 1.16 bits per heavy atom. The summed E-state index contributed by atoms with van der Waals surface area (Å²) >= 11 is 0. The molecule has 4 N–H and O–H groups in total. The SMILES string of the molecule is COC(=O)N[C@@H](CCC#N)C(=O)N1[C@H](c2nc3cc(-c4cc5ccc4CCc4ccc(c(-c6ccc7[nH]c([C@@H]8C[C@@H]9CCCC[C@@H]9N8C(=O)[C@H](CCC#N)NC(=O)OC)nc7c6)c4)C[C@H]5C)ccc3[nH]2)C[C@@H]2CCCC[C@@H]21. The Labute approximate surface area is 449 Å². The number of rotatable bonds is 12. The Balaban J connectivity index is 0.857. The number of methoxy groups -OCH3 is 2. The molecule has 9 atom stereocenters. The van der Waals surface area contributed by atoms with E-state index >= 15 is 0 Å². The second-order valence-electron chi connectivity index (χ2n) is 22.2. The quantitative estimate of drug-likeness (QED) is 0.0907. The number of H-pyrrole nitrogens is 2. The van der Waals surface area contributed by atoms with E-state index in [1.54, 1.807) is 0 Å². The predicted molar refractivity (Wildman–Crippen MR) is 291 cm³/mol. The molecule has 2 aromatic heterocycles. The van der Waals surface area contributed by atoms with Gasteiger partial charge in [0.2, 0.25) is 11.8 Å². The van der Waals surface area contributed by atoms with Crippen molar-refractivity contribution in [2.45, 2.75) is 158 Å². The van der Waals surface area contributed by atoms with Crippen LogP contribution in [0.1, 0.15) is 149 Å². The van der Waals surface area contributed by atoms with Crippen molar-refractivity contribution in [2.75, 3.05) is 14.2 Å². The van der Waals surface area contributed by atoms with Crippen molar-refractivity contribution in [3.05, 3.63) is 107 Å². The summed E-state index contributed by atoms with van der Waals surface area (Å²) in [7, 11) is 2.55. The lowest BCUT2D eigenvalue weighted by atomic mass is 9.84. The number of imidazole rings is 2. The molecule has 4 fully saturated rings. The van der Waals surface area contributed by atoms with Gasteiger partial charge in [-0.1, -0.05) is 81.1 Å². The van der Waals surface area contributed by atoms with Crippen molar-refractivity contribution in [1.29, 1.82) is 10.5 Å². The van der Waals surface area contributed by atoms with E-state index in [-0.39, 0.29) is 67.6 Å². The van der Waals surface area contributed by atoms with Gasteiger partial charge in [0.05, 0.1) is 60.5 Å². The number of aryl methyl sites for hydroxylation is 2. The molecule has 2 saturated heterocycles. The molecular weight excluding hydrogens is 969 g/mol. The van der Waals surface area contributed by atoms with E-state index in [9.17, 15) is 29.7 Å². The van der Waals surface area contributed by atoms with Gasteiger partial charge in [0, 0.05) is 24.9 Å². The molecule has 6 aromatic rings. The van der Waals surface area contributed by atoms with E-state index in [4.69, 9.17) is 19.4 Å². The average Bonchev–Trinajstić information content (AvgIpc) is 4.26. The third kappa shape index (κ3) is 10.2. The number of carbonyl (C=O) groups excluding carboxylic acids is 4. The van der Waals surface area contributed by atoms with Gasteiger partial charge in [0.15, 0.2) is 0 Å². The number of ether oxygens (including phenoxy) is 2. The van der Waals surface area contributed by atoms with Crippen molar-refractivity contribution < 1.29 is 28.7 Å². The molecule has 77 heavy (non-hydrogen) atoms. The average molecular weight is 1040 g/mol. The number of carbonyl (C=O) groups is 4. The molecule has 2 saturated carbocycles. The number of hydrogen-bond donors (Lipinski definition) is 4. The first-order chi connectivity index (χ1) is 37.5. The molecule has 398 valence electrons. The van der Waals surface area contributed by atoms with Crippen LogP contribution < -0.4 is 10.6 Å². The highest BCUT2D eigenvalue weighted by Gasteiger charge is 2.49. The molecule has 4 amide bonds. The Hall–Kier alpha value is -7.72. The summed E-state index contributed by atoms with van der Waals surface area (Å²) in [6.07, 6.45) is 11.5. The smallest absolute Gasteiger partial charge is 0.407 e. The normalized spacial score (nSPS) is 23.5. The van der Waals surface area contributed by atoms with Crippen molar-refractivity contribution in [3.63, 3.8) is 0 Å². The number of benzene rings is 4. The molecule has 4 heterocycles. The zero-order chi connectivity index (χ0) is 53.3. The van der Waals surface area contributed by atoms with Crippen molar-refractivity contribution in [1.82, 2.24) is 40.4 Å². The zero-order valence-corrected chi connectivity index (χ0v) is 44.3. The number of aromatic amines is 2. The Bertz CT molecular complexity index is 3310. The molecule has 0 radical (unpaired) electrons. The van der Waals surface area contributed by atoms with Crippen LogP contribution >= 0.6 is 0 Å². The molecule has 16 heteroatoms. The first-order valence-electron chi connectivity index (χ1n) is 27.8. The molecule has 4 bridgehead atoms. The summed E-state index contributed by atoms with van der Waals surface area (Å²) in [5, 5.41) is 24.3. The van der Waals surface area contributed by atoms with E-state index in [1.807, 2.05) is 9.80 Å². The van der Waals surface area contributed by atoms with Crippen LogP contribution in [0.15, 0.2) is 72.8 Å². The number of amides is 4. The van der Waals surface area contributed by atoms with Crippen molar-refractivity contribution >= 4 is 46.1 Å². The highest BCUT2D eigenvalue weighted by molar-refractivity contribution is 5.89. The third-order valence-electron chi connectivity index (χ3n) is 17.7. The van der Waals surface area contributed by atoms with Gasteiger partial charge in [-0.25, -0.2) is 19.6 Å². The van der Waals surface area contributed by atoms with Gasteiger partial charge in [-0.15, -0.1) is 0 Å². The summed E-state index contributed by atoms with van der Waals surface area (Å²) in [5.74, 6) is 1.94. The molecule has 4 aromatic carbocycles. The molecule has 8 aliphatic rings. The molecule has 6 aliphatic carbocycles. The van der Waals surface area contributed by atoms with Gasteiger partial charge in [-0.05, 0) is 157 Å². The summed E-state index contributed by atoms with van der Waals surface area (Å²) in [5.41, 5.74) is 13.0. The number of likely N-dealkylation sites (tertiary alicyclic amines) is 2. The molecular formula is C61H68N10O6. The van der Waals surface area contributed by atoms with Gasteiger partial charge < -0.3 is 39.9 Å². The number of nitrogens with one attached hydrogen (secondary N) is 4. The first-order valence-corrected chi connectivity index (χ1v) is 27.8. The number of nitrogens with zero attached hydrogens (tertiary/aromatic N) is 6. The second-order valence-corrected chi connectivity index (χ2v) is 22.2. The minimum Gasteiger partial charge on any atom is -0.453 e. The van der Waals surface area contributed by atoms with Crippen molar-refractivity contribution in [2.24, 2.45) is 11.8 Å². The van der Waals surface area contributed by atoms with E-state index in [1.165, 1.54) is 47.6 Å². The molecule has 0 unspecified atom stereocenters. The van der Waals surface area contributed by atoms with Gasteiger partial charge >= 0.3 is 12.2 Å². The maximum atomic E-state index is 14.5. The number of fused-ring (bicyclic) bond motifs is 4. The first kappa shape index (κ1) is 51.4. The number of aromatic nitrogens is 4. The second kappa shape index (κ2) is 22.1. The fourth-order valence-corrected chi connectivity index (χ4v) is 13.8. The fraction of sp³-hybridized carbons (Fsp3) is 0.475. The predicted octanol–water partition coefficient (Wildman–Crippen LogP) is 10.9. The van der Waals surface area contributed by atoms with Gasteiger partial charge in [-0.2, -0.15) is 10.5 Å². The minimum atomic E-state index is -0.874. The van der Waals surface area contributed by atoms with Crippen LogP contribution in [0.4, 0.5) is 9.59 Å². The van der Waals surface area contributed by atoms with Crippen LogP contribution in [0.2, 0.25) is 0 Å². The third-order valence-corrected chi connectivity index (χ3v) is 17.7. The number of nitriles is 2. The lowest BCUT2D eigenvalue weighted by Gasteiger charge is -2.35. The maximum absolute atomic E-state index is 14.5. The highest BCUT2D eigenvalue weighted by atomic mass is 16.5. The van der Waals surface area contributed by atoms with E-state index in [0.717, 1.165) is 128 Å². The van der Waals surface area contributed by atoms with Crippen LogP contribution in [0.5, 0.6) is 0 Å². The van der Waals surface area contributed by atoms with Gasteiger partial charge in [-0.3, -0.25) is 9.59 Å². The Morgan fingerprint density at radius 1 is 0.649 bits per heavy atom. The standard InChI is InChI=1S/C61H68N10O6/c1-35-28-39-19-17-36(29-44(39)40-22-24-46-50(31-40)66-56(64-46)54-33-42-10-4-6-14-52(42)70(54)58(72)48(12-8-26-62)68-60(74)76-2)16-18-37-20-21-38(35)30-45(37)41-23-25-47-51(32-41)67-57(65-47)55-34-43-11-5-7-15-53(43)71(55)59(73)49(13-9-27-63)69-61(75)77-3/h17,19-25,29-32,35,42-43,48-49,52-55H,4-16,18,28,33-34H2,1-3H3,(H,64,66)(H,65,67)(H,68,74)(H,69,75)/t35-,42+,43+,48+,49+,52+,53+,54+,55+/m1/s1. The van der Waals surface area contributed by atoms with Gasteiger partial charge in [0.25, 0.3) is 0 Å². The summed E-state index contributed by atoms with van der Waals surface area (Å²) in [6.45, 7) is 2.30. The fourth-order valence-electron chi connectivity index (χ4n) is 13.8. The largest absolute Gasteiger partial charge is 0.453 e. The highest BCUT2D eigenvalue weighted by Crippen LogP contribution is 2.48. The Morgan fingerprint density at radius 3 is 1.68 bits per heavy atom. The van der Waals surface area contributed by atoms with Gasteiger partial charge in [0.1, 0.15) is 23.7 Å². The van der Waals surface area contributed by atoms with Crippen LogP contribution in [0.25, 0.3) is 44.3 Å². The minimum absolute atomic E-state index is 0.0351. The zero-order valence-electron chi connectivity index (χ0n) is 44.3. The molecule has 2 aliphatic heterocycles. The van der Waals surface area contributed by atoms with Crippen molar-refractivity contribution in [3.8, 4) is 34.4 Å². The van der Waals surface area contributed by atoms with Crippen LogP contribution in [-0.2, 0) is 38.3 Å². The maximum Gasteiger partial charge on any atom is 0.407 e. The van der Waals surface area contributed by atoms with Crippen LogP contribution in [0.3, 0.4) is 0 Å². The molecule has 0 spiro atoms. The summed E-state index contributed by atoms with van der Waals surface area (Å²) in [4.78, 5) is 75.4. The van der Waals surface area contributed by atoms with E-state index in [2.05, 4.69) is 112 Å². The van der Waals surface area contributed by atoms with Crippen LogP contribution in [0, 0.1) is 34.5 Å². The number of alkyl carbamates (subject to hydrolysis) is 2. The lowest BCUT2D eigenvalue weighted by molar-refractivity contribution is -0.138. The van der Waals surface area contributed by atoms with Crippen LogP contribution in [-0.4, -0.2) is 92.1 Å². The number of hydrogen-bond acceptors (Lipinski definition) is 10. The molecule has 16 nitrogen and oxygen atoms in total. The topological polar surface area (TPSA) is 222 Å². The van der Waals surface area contributed by atoms with E-state index in [0.29, 0.717) is 11.8 Å². The summed E-state index contributed by atoms with van der Waals surface area (Å²) < 4.78 is 9.77. The Kier molecular flexibility index (Phi) is 14.7. The molecule has 14 rings (SSSR count). The summed E-state index contributed by atoms with van der Waals surface area (Å²) in [6, 6.07) is 28.8. The van der Waals surface area contributed by atoms with E-state index < -0.39 is 24.3 Å². The monoisotopic (exact) mass is 1040 g/mol.